The van der Waals surface area contributed by atoms with Gasteiger partial charge in [0.1, 0.15) is 0 Å². The van der Waals surface area contributed by atoms with Gasteiger partial charge in [-0.2, -0.15) is 0 Å². The van der Waals surface area contributed by atoms with E-state index in [-0.39, 0.29) is 0 Å². The second kappa shape index (κ2) is 9.38. The van der Waals surface area contributed by atoms with E-state index in [0.29, 0.717) is 12.3 Å². The van der Waals surface area contributed by atoms with Crippen LogP contribution in [0.1, 0.15) is 31.4 Å². The fraction of sp³-hybridized carbons (Fsp3) is 0.409. The van der Waals surface area contributed by atoms with Crippen LogP contribution in [0.3, 0.4) is 0 Å². The molecule has 0 fully saturated rings. The zero-order valence-corrected chi connectivity index (χ0v) is 15.2. The molecule has 2 N–H and O–H groups in total. The van der Waals surface area contributed by atoms with Crippen molar-refractivity contribution in [1.29, 1.82) is 0 Å². The summed E-state index contributed by atoms with van der Waals surface area (Å²) in [5, 5.41) is 12.7. The van der Waals surface area contributed by atoms with Crippen LogP contribution in [0.5, 0.6) is 0 Å². The van der Waals surface area contributed by atoms with E-state index in [4.69, 9.17) is 0 Å². The first kappa shape index (κ1) is 19.2. The third-order valence-electron chi connectivity index (χ3n) is 4.67. The smallest absolute Gasteiger partial charge is 0.309 e. The first-order chi connectivity index (χ1) is 12.0. The standard InChI is InChI=1S/C22H29NO2/c1-22(2,21(24)25)13-14-23-17-20(15-18-9-5-3-6-10-18)16-19-11-7-4-8-12-19/h3-12,20,23H,13-17H2,1-2H3,(H,24,25). The molecular weight excluding hydrogens is 310 g/mol. The van der Waals surface area contributed by atoms with Crippen LogP contribution in [0.15, 0.2) is 60.7 Å². The fourth-order valence-electron chi connectivity index (χ4n) is 2.93. The minimum atomic E-state index is -0.737. The van der Waals surface area contributed by atoms with Gasteiger partial charge in [0.2, 0.25) is 0 Å². The Morgan fingerprint density at radius 1 is 0.960 bits per heavy atom. The summed E-state index contributed by atoms with van der Waals surface area (Å²) in [5.41, 5.74) is 2.01. The van der Waals surface area contributed by atoms with Crippen LogP contribution in [0.2, 0.25) is 0 Å². The topological polar surface area (TPSA) is 49.3 Å². The lowest BCUT2D eigenvalue weighted by Crippen LogP contribution is -2.32. The van der Waals surface area contributed by atoms with Crippen LogP contribution in [-0.2, 0) is 17.6 Å². The average molecular weight is 339 g/mol. The third kappa shape index (κ3) is 6.71. The summed E-state index contributed by atoms with van der Waals surface area (Å²) >= 11 is 0. The fourth-order valence-corrected chi connectivity index (χ4v) is 2.93. The van der Waals surface area contributed by atoms with Crippen molar-refractivity contribution in [1.82, 2.24) is 5.32 Å². The predicted molar refractivity (Wildman–Crippen MR) is 103 cm³/mol. The van der Waals surface area contributed by atoms with Crippen LogP contribution in [0.4, 0.5) is 0 Å². The van der Waals surface area contributed by atoms with Gasteiger partial charge in [0, 0.05) is 0 Å². The molecule has 2 aromatic rings. The molecule has 0 aliphatic rings. The highest BCUT2D eigenvalue weighted by atomic mass is 16.4. The molecule has 134 valence electrons. The highest BCUT2D eigenvalue weighted by molar-refractivity contribution is 5.73. The van der Waals surface area contributed by atoms with E-state index in [0.717, 1.165) is 25.9 Å². The van der Waals surface area contributed by atoms with Crippen molar-refractivity contribution in [3.8, 4) is 0 Å². The molecule has 0 atom stereocenters. The molecule has 0 unspecified atom stereocenters. The largest absolute Gasteiger partial charge is 0.481 e. The highest BCUT2D eigenvalue weighted by Gasteiger charge is 2.26. The number of rotatable bonds is 10. The lowest BCUT2D eigenvalue weighted by molar-refractivity contribution is -0.147. The van der Waals surface area contributed by atoms with Gasteiger partial charge < -0.3 is 10.4 Å². The lowest BCUT2D eigenvalue weighted by atomic mass is 9.89. The lowest BCUT2D eigenvalue weighted by Gasteiger charge is -2.21. The predicted octanol–water partition coefficient (Wildman–Crippen LogP) is 4.18. The van der Waals surface area contributed by atoms with Crippen LogP contribution in [0.25, 0.3) is 0 Å². The maximum Gasteiger partial charge on any atom is 0.309 e. The number of aliphatic carboxylic acids is 1. The Balaban J connectivity index is 1.91. The van der Waals surface area contributed by atoms with Crippen LogP contribution < -0.4 is 5.32 Å². The second-order valence-electron chi connectivity index (χ2n) is 7.39. The average Bonchev–Trinajstić information content (AvgIpc) is 2.60. The Hall–Kier alpha value is -2.13. The summed E-state index contributed by atoms with van der Waals surface area (Å²) in [6, 6.07) is 21.1. The summed E-state index contributed by atoms with van der Waals surface area (Å²) < 4.78 is 0. The summed E-state index contributed by atoms with van der Waals surface area (Å²) in [5.74, 6) is -0.253. The number of carboxylic acid groups (broad SMARTS) is 1. The summed E-state index contributed by atoms with van der Waals surface area (Å²) in [4.78, 5) is 11.2. The van der Waals surface area contributed by atoms with E-state index >= 15 is 0 Å². The van der Waals surface area contributed by atoms with Crippen molar-refractivity contribution in [2.24, 2.45) is 11.3 Å². The van der Waals surface area contributed by atoms with Gasteiger partial charge in [0.05, 0.1) is 5.41 Å². The monoisotopic (exact) mass is 339 g/mol. The quantitative estimate of drug-likeness (QED) is 0.639. The molecule has 0 radical (unpaired) electrons. The Morgan fingerprint density at radius 3 is 1.88 bits per heavy atom. The van der Waals surface area contributed by atoms with Crippen molar-refractivity contribution in [2.75, 3.05) is 13.1 Å². The minimum absolute atomic E-state index is 0.484. The Kier molecular flexibility index (Phi) is 7.20. The first-order valence-corrected chi connectivity index (χ1v) is 8.99. The number of hydrogen-bond donors (Lipinski definition) is 2. The Morgan fingerprint density at radius 2 is 1.44 bits per heavy atom. The number of nitrogens with one attached hydrogen (secondary N) is 1. The van der Waals surface area contributed by atoms with Crippen LogP contribution in [0, 0.1) is 11.3 Å². The molecule has 0 heterocycles. The van der Waals surface area contributed by atoms with Crippen LogP contribution >= 0.6 is 0 Å². The Bertz CT molecular complexity index is 596. The summed E-state index contributed by atoms with van der Waals surface area (Å²) in [6.45, 7) is 5.17. The van der Waals surface area contributed by atoms with Crippen molar-refractivity contribution in [3.05, 3.63) is 71.8 Å². The number of hydrogen-bond acceptors (Lipinski definition) is 2. The number of benzene rings is 2. The third-order valence-corrected chi connectivity index (χ3v) is 4.67. The van der Waals surface area contributed by atoms with Crippen LogP contribution in [-0.4, -0.2) is 24.2 Å². The molecule has 0 spiro atoms. The molecule has 2 rings (SSSR count). The van der Waals surface area contributed by atoms with E-state index in [1.54, 1.807) is 13.8 Å². The van der Waals surface area contributed by atoms with E-state index < -0.39 is 11.4 Å². The zero-order chi connectivity index (χ0) is 18.1. The van der Waals surface area contributed by atoms with E-state index in [2.05, 4.69) is 53.8 Å². The molecule has 25 heavy (non-hydrogen) atoms. The minimum Gasteiger partial charge on any atom is -0.481 e. The van der Waals surface area contributed by atoms with Gasteiger partial charge in [0.25, 0.3) is 0 Å². The SMILES string of the molecule is CC(C)(CCNCC(Cc1ccccc1)Cc1ccccc1)C(=O)O. The van der Waals surface area contributed by atoms with E-state index in [1.807, 2.05) is 12.1 Å². The van der Waals surface area contributed by atoms with Crippen molar-refractivity contribution in [3.63, 3.8) is 0 Å². The number of carbonyl (C=O) groups is 1. The highest BCUT2D eigenvalue weighted by Crippen LogP contribution is 2.20. The normalized spacial score (nSPS) is 11.6. The van der Waals surface area contributed by atoms with Crippen molar-refractivity contribution in [2.45, 2.75) is 33.1 Å². The summed E-state index contributed by atoms with van der Waals surface area (Å²) in [6.07, 6.45) is 2.67. The maximum atomic E-state index is 11.2. The second-order valence-corrected chi connectivity index (χ2v) is 7.39. The number of carboxylic acids is 1. The van der Waals surface area contributed by atoms with Gasteiger partial charge >= 0.3 is 5.97 Å². The van der Waals surface area contributed by atoms with Gasteiger partial charge in [0.15, 0.2) is 0 Å². The molecule has 0 amide bonds. The molecular formula is C22H29NO2. The first-order valence-electron chi connectivity index (χ1n) is 8.99. The zero-order valence-electron chi connectivity index (χ0n) is 15.2. The molecule has 2 aromatic carbocycles. The van der Waals surface area contributed by atoms with Crippen molar-refractivity contribution < 1.29 is 9.90 Å². The molecule has 3 heteroatoms. The maximum absolute atomic E-state index is 11.2. The molecule has 3 nitrogen and oxygen atoms in total. The molecule has 0 bridgehead atoms. The van der Waals surface area contributed by atoms with Gasteiger partial charge in [-0.15, -0.1) is 0 Å². The summed E-state index contributed by atoms with van der Waals surface area (Å²) in [7, 11) is 0. The van der Waals surface area contributed by atoms with E-state index in [9.17, 15) is 9.90 Å². The molecule has 0 saturated carbocycles. The molecule has 0 aromatic heterocycles. The van der Waals surface area contributed by atoms with Gasteiger partial charge in [-0.05, 0) is 63.2 Å². The molecule has 0 aliphatic carbocycles. The van der Waals surface area contributed by atoms with Crippen molar-refractivity contribution >= 4 is 5.97 Å². The molecule has 0 saturated heterocycles. The molecule has 0 aliphatic heterocycles. The van der Waals surface area contributed by atoms with Gasteiger partial charge in [-0.3, -0.25) is 4.79 Å². The van der Waals surface area contributed by atoms with Gasteiger partial charge in [-0.25, -0.2) is 0 Å². The van der Waals surface area contributed by atoms with Gasteiger partial charge in [-0.1, -0.05) is 60.7 Å². The Labute approximate surface area is 151 Å². The van der Waals surface area contributed by atoms with E-state index in [1.165, 1.54) is 11.1 Å².